The standard InChI is InChI=1S/C20H27N3O3S/c24-16-5-8-23(12-16)13-19-21-18(14-27-19)20(26)6-9-22(10-7-20)11-15-3-1-2-4-17(15)25/h1-4,14,16,24-26H,5-13H2. The number of aromatic nitrogens is 1. The number of likely N-dealkylation sites (tertiary alicyclic amines) is 2. The molecule has 0 spiro atoms. The van der Waals surface area contributed by atoms with Crippen LogP contribution in [-0.2, 0) is 18.7 Å². The summed E-state index contributed by atoms with van der Waals surface area (Å²) >= 11 is 1.59. The summed E-state index contributed by atoms with van der Waals surface area (Å²) in [6.45, 7) is 4.60. The molecule has 4 rings (SSSR count). The van der Waals surface area contributed by atoms with Gasteiger partial charge in [-0.1, -0.05) is 18.2 Å². The number of para-hydroxylation sites is 1. The van der Waals surface area contributed by atoms with Crippen molar-refractivity contribution in [1.82, 2.24) is 14.8 Å². The van der Waals surface area contributed by atoms with Crippen molar-refractivity contribution in [3.8, 4) is 5.75 Å². The number of aliphatic hydroxyl groups excluding tert-OH is 1. The number of aliphatic hydroxyl groups is 2. The summed E-state index contributed by atoms with van der Waals surface area (Å²) in [4.78, 5) is 9.18. The first-order valence-corrected chi connectivity index (χ1v) is 10.5. The third-order valence-corrected chi connectivity index (χ3v) is 6.54. The topological polar surface area (TPSA) is 80.1 Å². The molecule has 1 unspecified atom stereocenters. The van der Waals surface area contributed by atoms with Gasteiger partial charge in [0, 0.05) is 43.7 Å². The summed E-state index contributed by atoms with van der Waals surface area (Å²) in [5, 5.41) is 33.7. The molecule has 2 aromatic rings. The number of thiazole rings is 1. The van der Waals surface area contributed by atoms with E-state index in [4.69, 9.17) is 4.98 Å². The van der Waals surface area contributed by atoms with E-state index in [1.54, 1.807) is 17.4 Å². The monoisotopic (exact) mass is 389 g/mol. The number of phenols is 1. The first-order valence-electron chi connectivity index (χ1n) is 9.59. The first-order chi connectivity index (χ1) is 13.0. The van der Waals surface area contributed by atoms with Crippen LogP contribution in [0.2, 0.25) is 0 Å². The summed E-state index contributed by atoms with van der Waals surface area (Å²) < 4.78 is 0. The van der Waals surface area contributed by atoms with Gasteiger partial charge < -0.3 is 15.3 Å². The Morgan fingerprint density at radius 2 is 1.89 bits per heavy atom. The maximum atomic E-state index is 11.1. The van der Waals surface area contributed by atoms with E-state index in [-0.39, 0.29) is 6.10 Å². The molecule has 2 fully saturated rings. The van der Waals surface area contributed by atoms with E-state index in [1.165, 1.54) is 0 Å². The summed E-state index contributed by atoms with van der Waals surface area (Å²) in [5.74, 6) is 0.328. The number of hydrogen-bond acceptors (Lipinski definition) is 7. The number of β-amino-alcohol motifs (C(OH)–C–C–N with tert-alkyl or cyclic N) is 1. The number of piperidine rings is 1. The average Bonchev–Trinajstić information content (AvgIpc) is 3.29. The Labute approximate surface area is 163 Å². The Morgan fingerprint density at radius 1 is 1.11 bits per heavy atom. The lowest BCUT2D eigenvalue weighted by Gasteiger charge is -2.37. The molecule has 0 saturated carbocycles. The summed E-state index contributed by atoms with van der Waals surface area (Å²) in [6.07, 6.45) is 1.90. The van der Waals surface area contributed by atoms with E-state index in [0.29, 0.717) is 31.7 Å². The smallest absolute Gasteiger partial charge is 0.120 e. The maximum absolute atomic E-state index is 11.1. The minimum absolute atomic E-state index is 0.220. The van der Waals surface area contributed by atoms with Gasteiger partial charge in [0.05, 0.1) is 18.3 Å². The molecule has 6 nitrogen and oxygen atoms in total. The molecule has 3 N–H and O–H groups in total. The van der Waals surface area contributed by atoms with Crippen molar-refractivity contribution in [2.45, 2.75) is 44.1 Å². The van der Waals surface area contributed by atoms with E-state index in [1.807, 2.05) is 23.6 Å². The summed E-state index contributed by atoms with van der Waals surface area (Å²) in [6, 6.07) is 7.42. The van der Waals surface area contributed by atoms with Gasteiger partial charge in [-0.3, -0.25) is 9.80 Å². The van der Waals surface area contributed by atoms with Gasteiger partial charge in [0.1, 0.15) is 16.4 Å². The van der Waals surface area contributed by atoms with Gasteiger partial charge in [-0.25, -0.2) is 4.98 Å². The lowest BCUT2D eigenvalue weighted by molar-refractivity contribution is -0.0308. The molecular formula is C20H27N3O3S. The zero-order valence-electron chi connectivity index (χ0n) is 15.4. The van der Waals surface area contributed by atoms with Crippen LogP contribution in [0.5, 0.6) is 5.75 Å². The molecule has 2 aliphatic heterocycles. The summed E-state index contributed by atoms with van der Waals surface area (Å²) in [5.41, 5.74) is 0.838. The van der Waals surface area contributed by atoms with E-state index < -0.39 is 5.60 Å². The van der Waals surface area contributed by atoms with Gasteiger partial charge in [0.15, 0.2) is 0 Å². The highest BCUT2D eigenvalue weighted by atomic mass is 32.1. The molecular weight excluding hydrogens is 362 g/mol. The van der Waals surface area contributed by atoms with Crippen LogP contribution < -0.4 is 0 Å². The summed E-state index contributed by atoms with van der Waals surface area (Å²) in [7, 11) is 0. The molecule has 0 radical (unpaired) electrons. The van der Waals surface area contributed by atoms with Crippen LogP contribution in [0, 0.1) is 0 Å². The lowest BCUT2D eigenvalue weighted by atomic mass is 9.88. The molecule has 2 saturated heterocycles. The van der Waals surface area contributed by atoms with Gasteiger partial charge >= 0.3 is 0 Å². The fraction of sp³-hybridized carbons (Fsp3) is 0.550. The highest BCUT2D eigenvalue weighted by molar-refractivity contribution is 7.09. The predicted molar refractivity (Wildman–Crippen MR) is 105 cm³/mol. The lowest BCUT2D eigenvalue weighted by Crippen LogP contribution is -2.42. The van der Waals surface area contributed by atoms with Gasteiger partial charge in [0.25, 0.3) is 0 Å². The maximum Gasteiger partial charge on any atom is 0.120 e. The van der Waals surface area contributed by atoms with Crippen molar-refractivity contribution in [2.24, 2.45) is 0 Å². The molecule has 1 aromatic carbocycles. The minimum Gasteiger partial charge on any atom is -0.508 e. The van der Waals surface area contributed by atoms with E-state index in [2.05, 4.69) is 9.80 Å². The molecule has 1 atom stereocenters. The normalized spacial score (nSPS) is 23.7. The Kier molecular flexibility index (Phi) is 5.48. The van der Waals surface area contributed by atoms with Crippen molar-refractivity contribution in [2.75, 3.05) is 26.2 Å². The zero-order valence-corrected chi connectivity index (χ0v) is 16.2. The van der Waals surface area contributed by atoms with E-state index in [9.17, 15) is 15.3 Å². The number of benzene rings is 1. The fourth-order valence-corrected chi connectivity index (χ4v) is 4.89. The fourth-order valence-electron chi connectivity index (χ4n) is 3.97. The van der Waals surface area contributed by atoms with E-state index >= 15 is 0 Å². The third kappa shape index (κ3) is 4.33. The molecule has 1 aromatic heterocycles. The van der Waals surface area contributed by atoms with E-state index in [0.717, 1.165) is 48.9 Å². The predicted octanol–water partition coefficient (Wildman–Crippen LogP) is 1.90. The first kappa shape index (κ1) is 18.8. The SMILES string of the molecule is Oc1ccccc1CN1CCC(O)(c2csc(CN3CCC(O)C3)n2)CC1. The average molecular weight is 390 g/mol. The number of nitrogens with zero attached hydrogens (tertiary/aromatic N) is 3. The van der Waals surface area contributed by atoms with Crippen molar-refractivity contribution in [3.63, 3.8) is 0 Å². The van der Waals surface area contributed by atoms with Crippen molar-refractivity contribution in [3.05, 3.63) is 45.9 Å². The quantitative estimate of drug-likeness (QED) is 0.725. The second-order valence-corrected chi connectivity index (χ2v) is 8.68. The van der Waals surface area contributed by atoms with Crippen molar-refractivity contribution >= 4 is 11.3 Å². The Hall–Kier alpha value is -1.51. The van der Waals surface area contributed by atoms with Crippen LogP contribution in [0.3, 0.4) is 0 Å². The van der Waals surface area contributed by atoms with Crippen LogP contribution in [0.1, 0.15) is 35.5 Å². The van der Waals surface area contributed by atoms with Crippen molar-refractivity contribution < 1.29 is 15.3 Å². The molecule has 3 heterocycles. The highest BCUT2D eigenvalue weighted by Crippen LogP contribution is 2.34. The Balaban J connectivity index is 1.34. The molecule has 0 bridgehead atoms. The van der Waals surface area contributed by atoms with Gasteiger partial charge in [-0.2, -0.15) is 0 Å². The Morgan fingerprint density at radius 3 is 2.59 bits per heavy atom. The Bertz CT molecular complexity index is 773. The van der Waals surface area contributed by atoms with Crippen LogP contribution in [0.25, 0.3) is 0 Å². The molecule has 0 amide bonds. The number of aromatic hydroxyl groups is 1. The van der Waals surface area contributed by atoms with Gasteiger partial charge in [-0.05, 0) is 25.3 Å². The second kappa shape index (κ2) is 7.85. The number of hydrogen-bond donors (Lipinski definition) is 3. The molecule has 7 heteroatoms. The second-order valence-electron chi connectivity index (χ2n) is 7.74. The van der Waals surface area contributed by atoms with Crippen LogP contribution in [0.4, 0.5) is 0 Å². The number of rotatable bonds is 5. The molecule has 146 valence electrons. The van der Waals surface area contributed by atoms with Crippen LogP contribution in [-0.4, -0.2) is 62.4 Å². The van der Waals surface area contributed by atoms with Crippen molar-refractivity contribution in [1.29, 1.82) is 0 Å². The van der Waals surface area contributed by atoms with Crippen LogP contribution in [0.15, 0.2) is 29.6 Å². The number of phenolic OH excluding ortho intramolecular Hbond substituents is 1. The van der Waals surface area contributed by atoms with Crippen LogP contribution >= 0.6 is 11.3 Å². The minimum atomic E-state index is -0.867. The largest absolute Gasteiger partial charge is 0.508 e. The molecule has 27 heavy (non-hydrogen) atoms. The molecule has 2 aliphatic rings. The zero-order chi connectivity index (χ0) is 18.9. The van der Waals surface area contributed by atoms with Gasteiger partial charge in [-0.15, -0.1) is 11.3 Å². The molecule has 0 aliphatic carbocycles. The third-order valence-electron chi connectivity index (χ3n) is 5.70. The highest BCUT2D eigenvalue weighted by Gasteiger charge is 2.36. The van der Waals surface area contributed by atoms with Gasteiger partial charge in [0.2, 0.25) is 0 Å².